The Kier molecular flexibility index (Phi) is 9.18. The molecule has 2 rings (SSSR count). The van der Waals surface area contributed by atoms with Crippen molar-refractivity contribution in [1.82, 2.24) is 0 Å². The van der Waals surface area contributed by atoms with Gasteiger partial charge in [-0.05, 0) is 62.9 Å². The second kappa shape index (κ2) is 11.8. The Morgan fingerprint density at radius 1 is 1.06 bits per heavy atom. The second-order valence-electron chi connectivity index (χ2n) is 7.22. The van der Waals surface area contributed by atoms with E-state index in [0.29, 0.717) is 48.1 Å². The number of hydrogen-bond acceptors (Lipinski definition) is 6. The molecule has 7 nitrogen and oxygen atoms in total. The predicted octanol–water partition coefficient (Wildman–Crippen LogP) is 4.36. The highest BCUT2D eigenvalue weighted by molar-refractivity contribution is 6.10. The summed E-state index contributed by atoms with van der Waals surface area (Å²) in [5.41, 5.74) is 8.46. The van der Waals surface area contributed by atoms with Crippen LogP contribution in [-0.4, -0.2) is 39.2 Å². The standard InChI is InChI=1S/C24H32N2O5/c1-5-30-22(27)12-7-6-8-15-31-21-16-17(2)13-14-19(21)26(3)24(28)18-10-9-11-20(29-4)23(18)25/h9-11,13-14,16H,5-8,12,15,25H2,1-4H3. The lowest BCUT2D eigenvalue weighted by molar-refractivity contribution is -0.143. The van der Waals surface area contributed by atoms with Gasteiger partial charge in [-0.15, -0.1) is 0 Å². The lowest BCUT2D eigenvalue weighted by atomic mass is 10.1. The van der Waals surface area contributed by atoms with E-state index < -0.39 is 0 Å². The van der Waals surface area contributed by atoms with Gasteiger partial charge < -0.3 is 24.8 Å². The van der Waals surface area contributed by atoms with Gasteiger partial charge in [0, 0.05) is 13.5 Å². The first-order valence-electron chi connectivity index (χ1n) is 10.5. The van der Waals surface area contributed by atoms with E-state index in [-0.39, 0.29) is 11.9 Å². The van der Waals surface area contributed by atoms with Crippen molar-refractivity contribution in [2.75, 3.05) is 38.0 Å². The summed E-state index contributed by atoms with van der Waals surface area (Å²) >= 11 is 0. The maximum atomic E-state index is 13.1. The molecule has 0 saturated heterocycles. The first-order chi connectivity index (χ1) is 14.9. The fraction of sp³-hybridized carbons (Fsp3) is 0.417. The number of ether oxygens (including phenoxy) is 3. The van der Waals surface area contributed by atoms with Crippen LogP contribution >= 0.6 is 0 Å². The van der Waals surface area contributed by atoms with E-state index in [4.69, 9.17) is 19.9 Å². The highest BCUT2D eigenvalue weighted by Crippen LogP contribution is 2.32. The van der Waals surface area contributed by atoms with Gasteiger partial charge in [0.25, 0.3) is 5.91 Å². The molecule has 7 heteroatoms. The van der Waals surface area contributed by atoms with Gasteiger partial charge in [0.05, 0.1) is 37.3 Å². The third-order valence-electron chi connectivity index (χ3n) is 4.89. The number of rotatable bonds is 11. The van der Waals surface area contributed by atoms with Gasteiger partial charge in [-0.1, -0.05) is 12.1 Å². The Morgan fingerprint density at radius 3 is 2.55 bits per heavy atom. The van der Waals surface area contributed by atoms with Crippen LogP contribution in [0, 0.1) is 6.92 Å². The first-order valence-corrected chi connectivity index (χ1v) is 10.5. The van der Waals surface area contributed by atoms with Crippen LogP contribution in [-0.2, 0) is 9.53 Å². The number of nitrogens with two attached hydrogens (primary N) is 1. The summed E-state index contributed by atoms with van der Waals surface area (Å²) in [6.07, 6.45) is 2.83. The van der Waals surface area contributed by atoms with Crippen molar-refractivity contribution in [2.24, 2.45) is 0 Å². The largest absolute Gasteiger partial charge is 0.495 e. The van der Waals surface area contributed by atoms with E-state index in [1.807, 2.05) is 25.1 Å². The molecule has 0 fully saturated rings. The van der Waals surface area contributed by atoms with Crippen molar-refractivity contribution in [2.45, 2.75) is 39.5 Å². The number of nitrogens with zero attached hydrogens (tertiary/aromatic N) is 1. The highest BCUT2D eigenvalue weighted by Gasteiger charge is 2.21. The molecular weight excluding hydrogens is 396 g/mol. The monoisotopic (exact) mass is 428 g/mol. The van der Waals surface area contributed by atoms with Crippen LogP contribution < -0.4 is 20.1 Å². The third-order valence-corrected chi connectivity index (χ3v) is 4.89. The van der Waals surface area contributed by atoms with Crippen LogP contribution in [0.15, 0.2) is 36.4 Å². The molecule has 2 aromatic rings. The molecule has 168 valence electrons. The number of carbonyl (C=O) groups excluding carboxylic acids is 2. The molecular formula is C24H32N2O5. The SMILES string of the molecule is CCOC(=O)CCCCCOc1cc(C)ccc1N(C)C(=O)c1cccc(OC)c1N. The average Bonchev–Trinajstić information content (AvgIpc) is 2.75. The number of para-hydroxylation sites is 1. The summed E-state index contributed by atoms with van der Waals surface area (Å²) in [4.78, 5) is 26.0. The second-order valence-corrected chi connectivity index (χ2v) is 7.22. The fourth-order valence-electron chi connectivity index (χ4n) is 3.18. The lowest BCUT2D eigenvalue weighted by Gasteiger charge is -2.22. The molecule has 2 aromatic carbocycles. The molecule has 0 radical (unpaired) electrons. The van der Waals surface area contributed by atoms with E-state index in [9.17, 15) is 9.59 Å². The molecule has 0 atom stereocenters. The van der Waals surface area contributed by atoms with Crippen molar-refractivity contribution in [1.29, 1.82) is 0 Å². The van der Waals surface area contributed by atoms with Crippen molar-refractivity contribution < 1.29 is 23.8 Å². The van der Waals surface area contributed by atoms with E-state index in [1.165, 1.54) is 12.0 Å². The van der Waals surface area contributed by atoms with Gasteiger partial charge in [0.1, 0.15) is 11.5 Å². The normalized spacial score (nSPS) is 10.5. The summed E-state index contributed by atoms with van der Waals surface area (Å²) in [5.74, 6) is 0.672. The molecule has 2 N–H and O–H groups in total. The molecule has 0 unspecified atom stereocenters. The summed E-state index contributed by atoms with van der Waals surface area (Å²) in [7, 11) is 3.21. The van der Waals surface area contributed by atoms with Gasteiger partial charge >= 0.3 is 5.97 Å². The first kappa shape index (κ1) is 24.1. The molecule has 0 heterocycles. The number of unbranched alkanes of at least 4 members (excludes halogenated alkanes) is 2. The summed E-state index contributed by atoms with van der Waals surface area (Å²) in [6.45, 7) is 4.67. The van der Waals surface area contributed by atoms with Gasteiger partial charge in [-0.25, -0.2) is 0 Å². The van der Waals surface area contributed by atoms with Crippen molar-refractivity contribution in [3.05, 3.63) is 47.5 Å². The number of carbonyl (C=O) groups is 2. The molecule has 0 aromatic heterocycles. The zero-order chi connectivity index (χ0) is 22.8. The predicted molar refractivity (Wildman–Crippen MR) is 122 cm³/mol. The minimum Gasteiger partial charge on any atom is -0.495 e. The third kappa shape index (κ3) is 6.64. The molecule has 0 saturated carbocycles. The van der Waals surface area contributed by atoms with Crippen molar-refractivity contribution in [3.63, 3.8) is 0 Å². The molecule has 0 aliphatic carbocycles. The van der Waals surface area contributed by atoms with Crippen LogP contribution in [0.2, 0.25) is 0 Å². The molecule has 1 amide bonds. The maximum absolute atomic E-state index is 13.1. The Hall–Kier alpha value is -3.22. The molecule has 0 bridgehead atoms. The van der Waals surface area contributed by atoms with Crippen molar-refractivity contribution >= 4 is 23.3 Å². The summed E-state index contributed by atoms with van der Waals surface area (Å²) in [5, 5.41) is 0. The quantitative estimate of drug-likeness (QED) is 0.325. The van der Waals surface area contributed by atoms with Crippen LogP contribution in [0.5, 0.6) is 11.5 Å². The number of nitrogen functional groups attached to an aromatic ring is 1. The van der Waals surface area contributed by atoms with E-state index in [2.05, 4.69) is 0 Å². The minimum atomic E-state index is -0.250. The van der Waals surface area contributed by atoms with Crippen LogP contribution in [0.3, 0.4) is 0 Å². The number of benzene rings is 2. The van der Waals surface area contributed by atoms with Crippen LogP contribution in [0.4, 0.5) is 11.4 Å². The topological polar surface area (TPSA) is 91.1 Å². The smallest absolute Gasteiger partial charge is 0.305 e. The average molecular weight is 429 g/mol. The zero-order valence-electron chi connectivity index (χ0n) is 18.8. The fourth-order valence-corrected chi connectivity index (χ4v) is 3.18. The summed E-state index contributed by atoms with van der Waals surface area (Å²) in [6, 6.07) is 10.8. The Bertz CT molecular complexity index is 898. The van der Waals surface area contributed by atoms with Crippen molar-refractivity contribution in [3.8, 4) is 11.5 Å². The Morgan fingerprint density at radius 2 is 1.84 bits per heavy atom. The number of hydrogen-bond donors (Lipinski definition) is 1. The highest BCUT2D eigenvalue weighted by atomic mass is 16.5. The van der Waals surface area contributed by atoms with Crippen LogP contribution in [0.1, 0.15) is 48.5 Å². The Balaban J connectivity index is 2.04. The van der Waals surface area contributed by atoms with E-state index >= 15 is 0 Å². The van der Waals surface area contributed by atoms with E-state index in [0.717, 1.165) is 24.8 Å². The maximum Gasteiger partial charge on any atom is 0.305 e. The molecule has 0 spiro atoms. The van der Waals surface area contributed by atoms with E-state index in [1.54, 1.807) is 32.2 Å². The molecule has 0 aliphatic heterocycles. The number of aryl methyl sites for hydroxylation is 1. The summed E-state index contributed by atoms with van der Waals surface area (Å²) < 4.78 is 16.1. The van der Waals surface area contributed by atoms with Crippen LogP contribution in [0.25, 0.3) is 0 Å². The van der Waals surface area contributed by atoms with Gasteiger partial charge in [-0.2, -0.15) is 0 Å². The number of amides is 1. The van der Waals surface area contributed by atoms with Gasteiger partial charge in [0.15, 0.2) is 0 Å². The molecule has 31 heavy (non-hydrogen) atoms. The number of anilines is 2. The number of esters is 1. The van der Waals surface area contributed by atoms with Gasteiger partial charge in [-0.3, -0.25) is 9.59 Å². The Labute approximate surface area is 184 Å². The molecule has 0 aliphatic rings. The minimum absolute atomic E-state index is 0.165. The lowest BCUT2D eigenvalue weighted by Crippen LogP contribution is -2.27. The number of methoxy groups -OCH3 is 1. The zero-order valence-corrected chi connectivity index (χ0v) is 18.8. The van der Waals surface area contributed by atoms with Gasteiger partial charge in [0.2, 0.25) is 0 Å².